The maximum absolute atomic E-state index is 9.25. The van der Waals surface area contributed by atoms with Gasteiger partial charge in [0.2, 0.25) is 0 Å². The van der Waals surface area contributed by atoms with Crippen LogP contribution in [-0.2, 0) is 6.42 Å². The minimum absolute atomic E-state index is 0.286. The smallest absolute Gasteiger partial charge is 0.194 e. The van der Waals surface area contributed by atoms with Gasteiger partial charge >= 0.3 is 0 Å². The van der Waals surface area contributed by atoms with Crippen LogP contribution in [0.2, 0.25) is 0 Å². The van der Waals surface area contributed by atoms with Crippen molar-refractivity contribution in [1.29, 1.82) is 5.26 Å². The second-order valence-electron chi connectivity index (χ2n) is 5.17. The molecule has 118 valence electrons. The number of imidazole rings is 1. The molecule has 0 aliphatic carbocycles. The van der Waals surface area contributed by atoms with Crippen LogP contribution in [0.3, 0.4) is 0 Å². The van der Waals surface area contributed by atoms with E-state index in [1.807, 2.05) is 25.1 Å². The Morgan fingerprint density at radius 1 is 1.26 bits per heavy atom. The maximum Gasteiger partial charge on any atom is 0.194 e. The molecule has 0 aliphatic heterocycles. The molecule has 0 N–H and O–H groups in total. The van der Waals surface area contributed by atoms with Crippen molar-refractivity contribution in [2.75, 3.05) is 14.2 Å². The third kappa shape index (κ3) is 2.43. The van der Waals surface area contributed by atoms with Crippen molar-refractivity contribution in [3.05, 3.63) is 34.5 Å². The summed E-state index contributed by atoms with van der Waals surface area (Å²) in [5, 5.41) is 9.25. The average molecular weight is 327 g/mol. The summed E-state index contributed by atoms with van der Waals surface area (Å²) in [5.74, 6) is 1.44. The van der Waals surface area contributed by atoms with Gasteiger partial charge in [-0.3, -0.25) is 4.40 Å². The molecule has 2 heterocycles. The highest BCUT2D eigenvalue weighted by atomic mass is 32.1. The summed E-state index contributed by atoms with van der Waals surface area (Å²) in [5.41, 5.74) is 3.62. The summed E-state index contributed by atoms with van der Waals surface area (Å²) >= 11 is 1.63. The quantitative estimate of drug-likeness (QED) is 0.732. The van der Waals surface area contributed by atoms with Gasteiger partial charge in [-0.1, -0.05) is 0 Å². The SMILES string of the molecule is COc1ccc(OC)c(-c2nc3sc(C)c(C)n3c2CC#N)c1. The number of hydrogen-bond donors (Lipinski definition) is 0. The molecule has 3 rings (SSSR count). The molecule has 0 saturated carbocycles. The Morgan fingerprint density at radius 3 is 2.70 bits per heavy atom. The van der Waals surface area contributed by atoms with E-state index >= 15 is 0 Å². The summed E-state index contributed by atoms with van der Waals surface area (Å²) in [6, 6.07) is 7.85. The Kier molecular flexibility index (Phi) is 3.97. The van der Waals surface area contributed by atoms with Gasteiger partial charge in [-0.15, -0.1) is 11.3 Å². The van der Waals surface area contributed by atoms with Crippen LogP contribution in [0.1, 0.15) is 16.3 Å². The van der Waals surface area contributed by atoms with Gasteiger partial charge in [0.05, 0.1) is 38.1 Å². The molecule has 5 nitrogen and oxygen atoms in total. The highest BCUT2D eigenvalue weighted by Crippen LogP contribution is 2.37. The second-order valence-corrected chi connectivity index (χ2v) is 6.35. The summed E-state index contributed by atoms with van der Waals surface area (Å²) in [7, 11) is 3.25. The molecule has 23 heavy (non-hydrogen) atoms. The van der Waals surface area contributed by atoms with Crippen LogP contribution in [0, 0.1) is 25.2 Å². The molecular weight excluding hydrogens is 310 g/mol. The van der Waals surface area contributed by atoms with E-state index in [-0.39, 0.29) is 6.42 Å². The molecule has 0 atom stereocenters. The molecule has 0 saturated heterocycles. The number of fused-ring (bicyclic) bond motifs is 1. The van der Waals surface area contributed by atoms with Gasteiger partial charge in [0.25, 0.3) is 0 Å². The highest BCUT2D eigenvalue weighted by molar-refractivity contribution is 7.17. The largest absolute Gasteiger partial charge is 0.497 e. The molecule has 0 fully saturated rings. The van der Waals surface area contributed by atoms with E-state index in [1.165, 1.54) is 4.88 Å². The molecule has 6 heteroatoms. The Morgan fingerprint density at radius 2 is 2.04 bits per heavy atom. The molecule has 0 aliphatic rings. The number of ether oxygens (including phenoxy) is 2. The maximum atomic E-state index is 9.25. The van der Waals surface area contributed by atoms with Crippen LogP contribution in [0.25, 0.3) is 16.2 Å². The van der Waals surface area contributed by atoms with Crippen molar-refractivity contribution in [1.82, 2.24) is 9.38 Å². The molecule has 0 amide bonds. The molecular formula is C17H17N3O2S. The fourth-order valence-electron chi connectivity index (χ4n) is 2.67. The van der Waals surface area contributed by atoms with Gasteiger partial charge in [-0.05, 0) is 32.0 Å². The second kappa shape index (κ2) is 5.94. The topological polar surface area (TPSA) is 59.6 Å². The normalized spacial score (nSPS) is 10.7. The summed E-state index contributed by atoms with van der Waals surface area (Å²) in [6.07, 6.45) is 0.286. The van der Waals surface area contributed by atoms with Crippen LogP contribution in [0.5, 0.6) is 11.5 Å². The first-order valence-corrected chi connectivity index (χ1v) is 7.99. The number of rotatable bonds is 4. The molecule has 0 radical (unpaired) electrons. The van der Waals surface area contributed by atoms with Gasteiger partial charge in [0.1, 0.15) is 11.5 Å². The van der Waals surface area contributed by atoms with Crippen molar-refractivity contribution in [2.45, 2.75) is 20.3 Å². The van der Waals surface area contributed by atoms with E-state index < -0.39 is 0 Å². The van der Waals surface area contributed by atoms with Crippen molar-refractivity contribution in [3.63, 3.8) is 0 Å². The number of hydrogen-bond acceptors (Lipinski definition) is 5. The van der Waals surface area contributed by atoms with Crippen molar-refractivity contribution in [3.8, 4) is 28.8 Å². The average Bonchev–Trinajstić information content (AvgIpc) is 3.04. The van der Waals surface area contributed by atoms with Crippen molar-refractivity contribution < 1.29 is 9.47 Å². The van der Waals surface area contributed by atoms with Gasteiger partial charge < -0.3 is 9.47 Å². The van der Waals surface area contributed by atoms with E-state index in [0.717, 1.165) is 33.4 Å². The first kappa shape index (κ1) is 15.4. The fourth-order valence-corrected chi connectivity index (χ4v) is 3.65. The number of methoxy groups -OCH3 is 2. The molecule has 2 aromatic heterocycles. The Hall–Kier alpha value is -2.52. The standard InChI is InChI=1S/C17H17N3O2S/c1-10-11(2)23-17-19-16(14(7-8-18)20(10)17)13-9-12(21-3)5-6-15(13)22-4/h5-6,9H,7H2,1-4H3. The van der Waals surface area contributed by atoms with Crippen LogP contribution >= 0.6 is 11.3 Å². The summed E-state index contributed by atoms with van der Waals surface area (Å²) < 4.78 is 12.9. The van der Waals surface area contributed by atoms with Gasteiger partial charge in [0, 0.05) is 16.1 Å². The Bertz CT molecular complexity index is 918. The highest BCUT2D eigenvalue weighted by Gasteiger charge is 2.21. The van der Waals surface area contributed by atoms with E-state index in [2.05, 4.69) is 17.4 Å². The molecule has 0 unspecified atom stereocenters. The lowest BCUT2D eigenvalue weighted by Crippen LogP contribution is -1.97. The van der Waals surface area contributed by atoms with Gasteiger partial charge in [-0.2, -0.15) is 5.26 Å². The zero-order valence-electron chi connectivity index (χ0n) is 13.5. The van der Waals surface area contributed by atoms with Crippen LogP contribution < -0.4 is 9.47 Å². The number of aromatic nitrogens is 2. The third-order valence-corrected chi connectivity index (χ3v) is 5.00. The van der Waals surface area contributed by atoms with E-state index in [1.54, 1.807) is 25.6 Å². The first-order valence-electron chi connectivity index (χ1n) is 7.17. The lowest BCUT2D eigenvalue weighted by atomic mass is 10.1. The summed E-state index contributed by atoms with van der Waals surface area (Å²) in [4.78, 5) is 6.86. The third-order valence-electron chi connectivity index (χ3n) is 3.94. The van der Waals surface area contributed by atoms with E-state index in [4.69, 9.17) is 14.5 Å². The lowest BCUT2D eigenvalue weighted by Gasteiger charge is -2.10. The minimum Gasteiger partial charge on any atom is -0.497 e. The van der Waals surface area contributed by atoms with Crippen LogP contribution in [-0.4, -0.2) is 23.6 Å². The van der Waals surface area contributed by atoms with Gasteiger partial charge in [-0.25, -0.2) is 4.98 Å². The van der Waals surface area contributed by atoms with Crippen molar-refractivity contribution in [2.24, 2.45) is 0 Å². The number of benzene rings is 1. The molecule has 0 bridgehead atoms. The predicted octanol–water partition coefficient (Wildman–Crippen LogP) is 3.76. The number of nitrogens with zero attached hydrogens (tertiary/aromatic N) is 3. The number of thiazole rings is 1. The summed E-state index contributed by atoms with van der Waals surface area (Å²) in [6.45, 7) is 4.12. The fraction of sp³-hybridized carbons (Fsp3) is 0.294. The van der Waals surface area contributed by atoms with Crippen LogP contribution in [0.15, 0.2) is 18.2 Å². The molecule has 0 spiro atoms. The molecule has 1 aromatic carbocycles. The zero-order valence-corrected chi connectivity index (χ0v) is 14.3. The zero-order chi connectivity index (χ0) is 16.6. The number of nitriles is 1. The monoisotopic (exact) mass is 327 g/mol. The van der Waals surface area contributed by atoms with E-state index in [9.17, 15) is 5.26 Å². The van der Waals surface area contributed by atoms with E-state index in [0.29, 0.717) is 5.75 Å². The Balaban J connectivity index is 2.32. The lowest BCUT2D eigenvalue weighted by molar-refractivity contribution is 0.404. The minimum atomic E-state index is 0.286. The first-order chi connectivity index (χ1) is 11.1. The molecule has 3 aromatic rings. The Labute approximate surface area is 138 Å². The van der Waals surface area contributed by atoms with Crippen LogP contribution in [0.4, 0.5) is 0 Å². The van der Waals surface area contributed by atoms with Gasteiger partial charge in [0.15, 0.2) is 4.96 Å². The number of aryl methyl sites for hydroxylation is 2. The van der Waals surface area contributed by atoms with Crippen molar-refractivity contribution >= 4 is 16.3 Å². The predicted molar refractivity (Wildman–Crippen MR) is 90.4 cm³/mol.